The lowest BCUT2D eigenvalue weighted by molar-refractivity contribution is 0.112. The molecule has 2 rings (SSSR count). The van der Waals surface area contributed by atoms with Crippen molar-refractivity contribution >= 4 is 0 Å². The fraction of sp³-hybridized carbons (Fsp3) is 0.889. The van der Waals surface area contributed by atoms with Crippen LogP contribution in [0.4, 0.5) is 0 Å². The Balaban J connectivity index is 2.06. The minimum absolute atomic E-state index is 0.166. The van der Waals surface area contributed by atoms with E-state index in [1.807, 2.05) is 6.92 Å². The highest BCUT2D eigenvalue weighted by atomic mass is 16.3. The molecular weight excluding hydrogens is 152 g/mol. The molecule has 3 nitrogen and oxygen atoms in total. The second kappa shape index (κ2) is 2.72. The highest BCUT2D eigenvalue weighted by Gasteiger charge is 2.44. The van der Waals surface area contributed by atoms with Crippen LogP contribution < -0.4 is 0 Å². The number of nitrogens with zero attached hydrogens (tertiary/aromatic N) is 2. The number of likely N-dealkylation sites (tertiary alicyclic amines) is 1. The summed E-state index contributed by atoms with van der Waals surface area (Å²) in [5, 5.41) is 18.4. The van der Waals surface area contributed by atoms with Gasteiger partial charge in [-0.25, -0.2) is 0 Å². The molecule has 1 aliphatic carbocycles. The van der Waals surface area contributed by atoms with Gasteiger partial charge in [0.2, 0.25) is 0 Å². The van der Waals surface area contributed by atoms with Crippen LogP contribution in [0.25, 0.3) is 0 Å². The van der Waals surface area contributed by atoms with Gasteiger partial charge in [-0.05, 0) is 19.8 Å². The van der Waals surface area contributed by atoms with Crippen molar-refractivity contribution in [2.24, 2.45) is 5.92 Å². The zero-order valence-electron chi connectivity index (χ0n) is 7.27. The fourth-order valence-electron chi connectivity index (χ4n) is 2.04. The summed E-state index contributed by atoms with van der Waals surface area (Å²) in [5.74, 6) is -0.166. The Labute approximate surface area is 72.6 Å². The van der Waals surface area contributed by atoms with E-state index in [0.717, 1.165) is 6.54 Å². The van der Waals surface area contributed by atoms with E-state index in [0.29, 0.717) is 6.04 Å². The molecule has 1 heterocycles. The summed E-state index contributed by atoms with van der Waals surface area (Å²) in [4.78, 5) is 2.28. The molecule has 0 bridgehead atoms. The van der Waals surface area contributed by atoms with Crippen LogP contribution in [0.2, 0.25) is 0 Å². The lowest BCUT2D eigenvalue weighted by Crippen LogP contribution is -2.33. The van der Waals surface area contributed by atoms with Crippen molar-refractivity contribution in [3.05, 3.63) is 0 Å². The molecule has 1 saturated carbocycles. The molecule has 1 N–H and O–H groups in total. The van der Waals surface area contributed by atoms with Crippen molar-refractivity contribution in [2.75, 3.05) is 6.54 Å². The Morgan fingerprint density at radius 2 is 2.17 bits per heavy atom. The maximum absolute atomic E-state index is 9.64. The van der Waals surface area contributed by atoms with Gasteiger partial charge in [0.05, 0.1) is 18.1 Å². The number of aliphatic hydroxyl groups excluding tert-OH is 1. The van der Waals surface area contributed by atoms with Gasteiger partial charge in [0.15, 0.2) is 0 Å². The van der Waals surface area contributed by atoms with E-state index in [4.69, 9.17) is 5.26 Å². The number of rotatable bonds is 1. The largest absolute Gasteiger partial charge is 0.390 e. The lowest BCUT2D eigenvalue weighted by Gasteiger charge is -2.21. The first-order valence-corrected chi connectivity index (χ1v) is 4.57. The van der Waals surface area contributed by atoms with Gasteiger partial charge in [-0.1, -0.05) is 0 Å². The first-order valence-electron chi connectivity index (χ1n) is 4.57. The smallest absolute Gasteiger partial charge is 0.0864 e. The summed E-state index contributed by atoms with van der Waals surface area (Å²) in [6.45, 7) is 2.78. The molecule has 0 aromatic heterocycles. The van der Waals surface area contributed by atoms with Crippen LogP contribution in [-0.4, -0.2) is 34.7 Å². The fourth-order valence-corrected chi connectivity index (χ4v) is 2.04. The maximum atomic E-state index is 9.64. The van der Waals surface area contributed by atoms with Crippen LogP contribution in [0.3, 0.4) is 0 Å². The van der Waals surface area contributed by atoms with Crippen LogP contribution in [0.1, 0.15) is 19.8 Å². The molecule has 1 saturated heterocycles. The van der Waals surface area contributed by atoms with Crippen molar-refractivity contribution in [1.29, 1.82) is 5.26 Å². The highest BCUT2D eigenvalue weighted by molar-refractivity contribution is 5.04. The monoisotopic (exact) mass is 166 g/mol. The molecule has 3 heteroatoms. The van der Waals surface area contributed by atoms with Crippen molar-refractivity contribution in [2.45, 2.75) is 38.0 Å². The highest BCUT2D eigenvalue weighted by Crippen LogP contribution is 2.35. The lowest BCUT2D eigenvalue weighted by atomic mass is 10.1. The van der Waals surface area contributed by atoms with Gasteiger partial charge >= 0.3 is 0 Å². The number of hydrogen-bond donors (Lipinski definition) is 1. The molecule has 0 aromatic rings. The molecule has 0 amide bonds. The van der Waals surface area contributed by atoms with E-state index >= 15 is 0 Å². The second-order valence-corrected chi connectivity index (χ2v) is 3.89. The topological polar surface area (TPSA) is 47.3 Å². The Hall–Kier alpha value is -0.590. The third kappa shape index (κ3) is 1.12. The molecule has 12 heavy (non-hydrogen) atoms. The van der Waals surface area contributed by atoms with Gasteiger partial charge < -0.3 is 5.11 Å². The molecule has 0 aromatic carbocycles. The zero-order valence-corrected chi connectivity index (χ0v) is 7.27. The SMILES string of the molecule is CC1C(O)C(C#N)CN1C1CC1. The molecule has 2 fully saturated rings. The average molecular weight is 166 g/mol. The molecule has 3 unspecified atom stereocenters. The van der Waals surface area contributed by atoms with Crippen LogP contribution >= 0.6 is 0 Å². The first-order chi connectivity index (χ1) is 5.74. The van der Waals surface area contributed by atoms with Gasteiger partial charge in [-0.3, -0.25) is 4.90 Å². The van der Waals surface area contributed by atoms with Crippen LogP contribution in [0, 0.1) is 17.2 Å². The van der Waals surface area contributed by atoms with Gasteiger partial charge in [0.25, 0.3) is 0 Å². The molecular formula is C9H14N2O. The molecule has 0 radical (unpaired) electrons. The summed E-state index contributed by atoms with van der Waals surface area (Å²) in [7, 11) is 0. The minimum atomic E-state index is -0.435. The minimum Gasteiger partial charge on any atom is -0.390 e. The summed E-state index contributed by atoms with van der Waals surface area (Å²) in [6.07, 6.45) is 2.06. The van der Waals surface area contributed by atoms with Crippen LogP contribution in [-0.2, 0) is 0 Å². The Bertz CT molecular complexity index is 219. The van der Waals surface area contributed by atoms with Crippen LogP contribution in [0.15, 0.2) is 0 Å². The Kier molecular flexibility index (Phi) is 1.82. The predicted molar refractivity (Wildman–Crippen MR) is 44.3 cm³/mol. The van der Waals surface area contributed by atoms with E-state index in [-0.39, 0.29) is 12.0 Å². The van der Waals surface area contributed by atoms with E-state index in [1.54, 1.807) is 0 Å². The van der Waals surface area contributed by atoms with Gasteiger partial charge in [-0.15, -0.1) is 0 Å². The van der Waals surface area contributed by atoms with Gasteiger partial charge in [-0.2, -0.15) is 5.26 Å². The quantitative estimate of drug-likeness (QED) is 0.611. The standard InChI is InChI=1S/C9H14N2O/c1-6-9(12)7(4-10)5-11(6)8-2-3-8/h6-9,12H,2-3,5H2,1H3. The van der Waals surface area contributed by atoms with E-state index in [9.17, 15) is 5.11 Å². The molecule has 0 spiro atoms. The van der Waals surface area contributed by atoms with E-state index < -0.39 is 6.10 Å². The molecule has 3 atom stereocenters. The summed E-state index contributed by atoms with van der Waals surface area (Å²) in [6, 6.07) is 3.01. The second-order valence-electron chi connectivity index (χ2n) is 3.89. The van der Waals surface area contributed by atoms with Crippen LogP contribution in [0.5, 0.6) is 0 Å². The summed E-state index contributed by atoms with van der Waals surface area (Å²) >= 11 is 0. The molecule has 1 aliphatic heterocycles. The predicted octanol–water partition coefficient (Wildman–Crippen LogP) is 0.354. The van der Waals surface area contributed by atoms with E-state index in [1.165, 1.54) is 12.8 Å². The Morgan fingerprint density at radius 3 is 2.58 bits per heavy atom. The number of hydrogen-bond acceptors (Lipinski definition) is 3. The first kappa shape index (κ1) is 8.03. The van der Waals surface area contributed by atoms with Crippen molar-refractivity contribution in [3.63, 3.8) is 0 Å². The van der Waals surface area contributed by atoms with Gasteiger partial charge in [0.1, 0.15) is 0 Å². The number of aliphatic hydroxyl groups is 1. The van der Waals surface area contributed by atoms with Gasteiger partial charge in [0, 0.05) is 18.6 Å². The van der Waals surface area contributed by atoms with Crippen molar-refractivity contribution in [3.8, 4) is 6.07 Å². The van der Waals surface area contributed by atoms with Crippen molar-refractivity contribution in [1.82, 2.24) is 4.90 Å². The third-order valence-corrected chi connectivity index (χ3v) is 3.02. The normalized spacial score (nSPS) is 42.9. The van der Waals surface area contributed by atoms with E-state index in [2.05, 4.69) is 11.0 Å². The zero-order chi connectivity index (χ0) is 8.72. The summed E-state index contributed by atoms with van der Waals surface area (Å²) in [5.41, 5.74) is 0. The number of nitriles is 1. The Morgan fingerprint density at radius 1 is 1.50 bits per heavy atom. The molecule has 66 valence electrons. The third-order valence-electron chi connectivity index (χ3n) is 3.02. The average Bonchev–Trinajstić information content (AvgIpc) is 2.84. The molecule has 2 aliphatic rings. The summed E-state index contributed by atoms with van der Waals surface area (Å²) < 4.78 is 0. The maximum Gasteiger partial charge on any atom is 0.0864 e. The van der Waals surface area contributed by atoms with Crippen molar-refractivity contribution < 1.29 is 5.11 Å².